The van der Waals surface area contributed by atoms with Crippen molar-refractivity contribution in [3.05, 3.63) is 0 Å². The minimum atomic E-state index is -0.369. The molecule has 0 atom stereocenters. The number of ether oxygens (including phenoxy) is 1. The van der Waals surface area contributed by atoms with Gasteiger partial charge in [0.1, 0.15) is 5.60 Å². The molecule has 1 N–H and O–H groups in total. The Kier molecular flexibility index (Phi) is 7.42. The smallest absolute Gasteiger partial charge is 0.410 e. The highest BCUT2D eigenvalue weighted by Gasteiger charge is 2.45. The van der Waals surface area contributed by atoms with Crippen molar-refractivity contribution >= 4 is 6.09 Å². The number of nitrogens with zero attached hydrogens (tertiary/aromatic N) is 1. The zero-order valence-corrected chi connectivity index (χ0v) is 13.5. The average molecular weight is 273 g/mol. The summed E-state index contributed by atoms with van der Waals surface area (Å²) in [6.45, 7) is 11.5. The highest BCUT2D eigenvalue weighted by molar-refractivity contribution is 5.68. The summed E-state index contributed by atoms with van der Waals surface area (Å²) in [5.41, 5.74) is 0.254. The number of hydrogen-bond acceptors (Lipinski definition) is 3. The molecule has 4 nitrogen and oxygen atoms in total. The number of rotatable bonds is 0. The van der Waals surface area contributed by atoms with Gasteiger partial charge in [-0.3, -0.25) is 0 Å². The van der Waals surface area contributed by atoms with Crippen molar-refractivity contribution in [3.63, 3.8) is 0 Å². The number of carbonyl (C=O) groups is 1. The normalized spacial score (nSPS) is 19.6. The molecular formula is C15H31NO3. The van der Waals surface area contributed by atoms with Crippen LogP contribution in [0.25, 0.3) is 0 Å². The predicted molar refractivity (Wildman–Crippen MR) is 78.2 cm³/mol. The van der Waals surface area contributed by atoms with Crippen molar-refractivity contribution in [2.75, 3.05) is 20.2 Å². The Morgan fingerprint density at radius 2 is 1.47 bits per heavy atom. The van der Waals surface area contributed by atoms with Crippen LogP contribution in [-0.2, 0) is 4.74 Å². The van der Waals surface area contributed by atoms with Gasteiger partial charge < -0.3 is 14.7 Å². The average Bonchev–Trinajstić information content (AvgIpc) is 3.12. The topological polar surface area (TPSA) is 49.8 Å². The maximum absolute atomic E-state index is 11.7. The lowest BCUT2D eigenvalue weighted by Gasteiger charge is -2.33. The summed E-state index contributed by atoms with van der Waals surface area (Å²) in [6, 6.07) is 0. The van der Waals surface area contributed by atoms with Gasteiger partial charge in [0.2, 0.25) is 0 Å². The predicted octanol–water partition coefficient (Wildman–Crippen LogP) is 3.43. The van der Waals surface area contributed by atoms with E-state index in [4.69, 9.17) is 9.84 Å². The zero-order chi connectivity index (χ0) is 15.1. The second kappa shape index (κ2) is 7.73. The Morgan fingerprint density at radius 1 is 1.05 bits per heavy atom. The van der Waals surface area contributed by atoms with Crippen molar-refractivity contribution in [3.8, 4) is 0 Å². The molecule has 114 valence electrons. The van der Waals surface area contributed by atoms with E-state index in [0.29, 0.717) is 5.41 Å². The fourth-order valence-corrected chi connectivity index (χ4v) is 2.17. The van der Waals surface area contributed by atoms with Crippen molar-refractivity contribution in [2.24, 2.45) is 5.41 Å². The van der Waals surface area contributed by atoms with Crippen LogP contribution < -0.4 is 0 Å². The summed E-state index contributed by atoms with van der Waals surface area (Å²) in [5.74, 6) is 0. The van der Waals surface area contributed by atoms with E-state index in [-0.39, 0.29) is 11.7 Å². The number of aliphatic hydroxyl groups excluding tert-OH is 1. The second-order valence-corrected chi connectivity index (χ2v) is 5.97. The quantitative estimate of drug-likeness (QED) is 0.735. The minimum Gasteiger partial charge on any atom is -0.444 e. The fourth-order valence-electron chi connectivity index (χ4n) is 2.17. The van der Waals surface area contributed by atoms with E-state index in [1.165, 1.54) is 25.7 Å². The van der Waals surface area contributed by atoms with Gasteiger partial charge in [-0.15, -0.1) is 0 Å². The Morgan fingerprint density at radius 3 is 1.79 bits per heavy atom. The summed E-state index contributed by atoms with van der Waals surface area (Å²) in [6.07, 6.45) is 4.95. The van der Waals surface area contributed by atoms with E-state index in [9.17, 15) is 4.79 Å². The standard InChI is InChI=1S/C12H21NO2.C2H6.CH4O/c1-11(2,3)15-10(14)13-8-6-12(4-5-12)7-9-13;2*1-2/h4-9H2,1-3H3;1-2H3;2H,1H3. The van der Waals surface area contributed by atoms with Crippen LogP contribution in [0.3, 0.4) is 0 Å². The number of carbonyl (C=O) groups excluding carboxylic acids is 1. The lowest BCUT2D eigenvalue weighted by atomic mass is 9.94. The monoisotopic (exact) mass is 273 g/mol. The van der Waals surface area contributed by atoms with Gasteiger partial charge >= 0.3 is 6.09 Å². The minimum absolute atomic E-state index is 0.141. The summed E-state index contributed by atoms with van der Waals surface area (Å²) in [4.78, 5) is 13.6. The van der Waals surface area contributed by atoms with Crippen molar-refractivity contribution in [1.82, 2.24) is 4.90 Å². The third-order valence-electron chi connectivity index (χ3n) is 3.43. The molecule has 0 aromatic carbocycles. The van der Waals surface area contributed by atoms with Crippen LogP contribution in [0.4, 0.5) is 4.79 Å². The maximum Gasteiger partial charge on any atom is 0.410 e. The molecule has 2 aliphatic rings. The largest absolute Gasteiger partial charge is 0.444 e. The van der Waals surface area contributed by atoms with Crippen LogP contribution >= 0.6 is 0 Å². The van der Waals surface area contributed by atoms with Gasteiger partial charge in [0.15, 0.2) is 0 Å². The number of amides is 1. The van der Waals surface area contributed by atoms with Crippen molar-refractivity contribution in [1.29, 1.82) is 0 Å². The molecule has 2 rings (SSSR count). The van der Waals surface area contributed by atoms with Gasteiger partial charge in [-0.2, -0.15) is 0 Å². The molecule has 2 fully saturated rings. The number of aliphatic hydroxyl groups is 1. The van der Waals surface area contributed by atoms with Gasteiger partial charge in [0.05, 0.1) is 0 Å². The van der Waals surface area contributed by atoms with Crippen LogP contribution in [-0.4, -0.2) is 41.9 Å². The first-order valence-corrected chi connectivity index (χ1v) is 7.33. The van der Waals surface area contributed by atoms with E-state index in [0.717, 1.165) is 20.2 Å². The molecule has 1 heterocycles. The first-order chi connectivity index (χ1) is 8.90. The summed E-state index contributed by atoms with van der Waals surface area (Å²) in [7, 11) is 1.00. The van der Waals surface area contributed by atoms with Crippen LogP contribution in [0.15, 0.2) is 0 Å². The van der Waals surface area contributed by atoms with E-state index in [1.807, 2.05) is 39.5 Å². The number of piperidine rings is 1. The van der Waals surface area contributed by atoms with Gasteiger partial charge in [0, 0.05) is 20.2 Å². The molecule has 0 radical (unpaired) electrons. The van der Waals surface area contributed by atoms with Crippen molar-refractivity contribution < 1.29 is 14.6 Å². The third-order valence-corrected chi connectivity index (χ3v) is 3.43. The van der Waals surface area contributed by atoms with Crippen LogP contribution in [0.1, 0.15) is 60.3 Å². The van der Waals surface area contributed by atoms with E-state index in [1.54, 1.807) is 0 Å². The molecule has 1 aliphatic carbocycles. The van der Waals surface area contributed by atoms with E-state index in [2.05, 4.69) is 0 Å². The Balaban J connectivity index is 0.000000741. The molecule has 1 spiro atoms. The lowest BCUT2D eigenvalue weighted by molar-refractivity contribution is 0.0173. The van der Waals surface area contributed by atoms with E-state index >= 15 is 0 Å². The SMILES string of the molecule is CC.CC(C)(C)OC(=O)N1CCC2(CC1)CC2.CO. The Bertz CT molecular complexity index is 257. The second-order valence-electron chi connectivity index (χ2n) is 5.97. The van der Waals surface area contributed by atoms with Crippen LogP contribution in [0, 0.1) is 5.41 Å². The lowest BCUT2D eigenvalue weighted by Crippen LogP contribution is -2.42. The summed E-state index contributed by atoms with van der Waals surface area (Å²) in [5, 5.41) is 7.00. The molecule has 1 saturated carbocycles. The highest BCUT2D eigenvalue weighted by Crippen LogP contribution is 2.53. The summed E-state index contributed by atoms with van der Waals surface area (Å²) < 4.78 is 5.35. The number of hydrogen-bond donors (Lipinski definition) is 1. The molecule has 1 saturated heterocycles. The first-order valence-electron chi connectivity index (χ1n) is 7.33. The molecule has 1 aliphatic heterocycles. The Labute approximate surface area is 118 Å². The van der Waals surface area contributed by atoms with Gasteiger partial charge in [-0.25, -0.2) is 4.79 Å². The molecule has 19 heavy (non-hydrogen) atoms. The molecule has 0 unspecified atom stereocenters. The molecular weight excluding hydrogens is 242 g/mol. The third kappa shape index (κ3) is 6.28. The fraction of sp³-hybridized carbons (Fsp3) is 0.933. The maximum atomic E-state index is 11.7. The zero-order valence-electron chi connectivity index (χ0n) is 13.5. The summed E-state index contributed by atoms with van der Waals surface area (Å²) >= 11 is 0. The number of likely N-dealkylation sites (tertiary alicyclic amines) is 1. The molecule has 1 amide bonds. The van der Waals surface area contributed by atoms with Crippen LogP contribution in [0.2, 0.25) is 0 Å². The van der Waals surface area contributed by atoms with E-state index < -0.39 is 0 Å². The first kappa shape index (κ1) is 18.2. The molecule has 0 bridgehead atoms. The van der Waals surface area contributed by atoms with Gasteiger partial charge in [0.25, 0.3) is 0 Å². The van der Waals surface area contributed by atoms with Crippen LogP contribution in [0.5, 0.6) is 0 Å². The molecule has 0 aromatic rings. The van der Waals surface area contributed by atoms with Gasteiger partial charge in [-0.1, -0.05) is 13.8 Å². The van der Waals surface area contributed by atoms with Gasteiger partial charge in [-0.05, 0) is 51.9 Å². The Hall–Kier alpha value is -0.770. The van der Waals surface area contributed by atoms with Crippen molar-refractivity contribution in [2.45, 2.75) is 65.9 Å². The molecule has 0 aromatic heterocycles. The highest BCUT2D eigenvalue weighted by atomic mass is 16.6. The molecule has 4 heteroatoms.